The summed E-state index contributed by atoms with van der Waals surface area (Å²) in [5, 5.41) is 0. The van der Waals surface area contributed by atoms with Gasteiger partial charge in [0.15, 0.2) is 0 Å². The predicted octanol–water partition coefficient (Wildman–Crippen LogP) is 0.955. The lowest BCUT2D eigenvalue weighted by Gasteiger charge is -2.37. The number of fused-ring (bicyclic) bond motifs is 1. The average Bonchev–Trinajstić information content (AvgIpc) is 2.41. The van der Waals surface area contributed by atoms with Crippen LogP contribution in [0, 0.1) is 17.8 Å². The molecule has 0 bridgehead atoms. The molecule has 2 rings (SSSR count). The van der Waals surface area contributed by atoms with Crippen molar-refractivity contribution in [3.63, 3.8) is 0 Å². The van der Waals surface area contributed by atoms with Gasteiger partial charge in [-0.3, -0.25) is 4.79 Å². The Morgan fingerprint density at radius 3 is 2.54 bits per heavy atom. The third-order valence-electron chi connectivity index (χ3n) is 3.41. The molecule has 2 fully saturated rings. The lowest BCUT2D eigenvalue weighted by atomic mass is 9.72. The van der Waals surface area contributed by atoms with Gasteiger partial charge < -0.3 is 10.5 Å². The maximum atomic E-state index is 11.2. The van der Waals surface area contributed by atoms with E-state index in [0.29, 0.717) is 17.9 Å². The summed E-state index contributed by atoms with van der Waals surface area (Å²) in [6, 6.07) is 0.352. The Hall–Kier alpha value is -0.280. The minimum absolute atomic E-state index is 0. The SMILES string of the molecule is COC(=O)C1C[C@H]2C[C@H](N)[C@H]2C1.Cl. The first-order valence-electron chi connectivity index (χ1n) is 4.55. The van der Waals surface area contributed by atoms with E-state index in [2.05, 4.69) is 0 Å². The molecule has 2 N–H and O–H groups in total. The van der Waals surface area contributed by atoms with Crippen molar-refractivity contribution in [1.82, 2.24) is 0 Å². The molecule has 0 radical (unpaired) electrons. The first-order valence-corrected chi connectivity index (χ1v) is 4.55. The van der Waals surface area contributed by atoms with E-state index >= 15 is 0 Å². The van der Waals surface area contributed by atoms with Gasteiger partial charge in [-0.1, -0.05) is 0 Å². The largest absolute Gasteiger partial charge is 0.469 e. The quantitative estimate of drug-likeness (QED) is 0.649. The molecule has 0 aromatic rings. The van der Waals surface area contributed by atoms with Crippen molar-refractivity contribution in [3.05, 3.63) is 0 Å². The summed E-state index contributed by atoms with van der Waals surface area (Å²) in [6.07, 6.45) is 3.07. The minimum Gasteiger partial charge on any atom is -0.469 e. The number of rotatable bonds is 1. The van der Waals surface area contributed by atoms with Crippen LogP contribution in [0.2, 0.25) is 0 Å². The maximum absolute atomic E-state index is 11.2. The van der Waals surface area contributed by atoms with Crippen LogP contribution in [0.5, 0.6) is 0 Å². The zero-order valence-corrected chi connectivity index (χ0v) is 8.55. The topological polar surface area (TPSA) is 52.3 Å². The van der Waals surface area contributed by atoms with Gasteiger partial charge in [0.2, 0.25) is 0 Å². The highest BCUT2D eigenvalue weighted by Crippen LogP contribution is 2.48. The van der Waals surface area contributed by atoms with E-state index < -0.39 is 0 Å². The molecule has 2 aliphatic carbocycles. The second-order valence-electron chi connectivity index (χ2n) is 4.01. The van der Waals surface area contributed by atoms with Crippen LogP contribution in [-0.2, 0) is 9.53 Å². The molecule has 2 saturated carbocycles. The van der Waals surface area contributed by atoms with E-state index in [0.717, 1.165) is 19.3 Å². The average molecular weight is 206 g/mol. The minimum atomic E-state index is -0.0448. The van der Waals surface area contributed by atoms with Gasteiger partial charge in [0.1, 0.15) is 0 Å². The number of nitrogens with two attached hydrogens (primary N) is 1. The number of ether oxygens (including phenoxy) is 1. The highest BCUT2D eigenvalue weighted by Gasteiger charge is 2.48. The van der Waals surface area contributed by atoms with E-state index in [1.165, 1.54) is 7.11 Å². The number of hydrogen-bond donors (Lipinski definition) is 1. The number of halogens is 1. The molecule has 4 heteroatoms. The zero-order valence-electron chi connectivity index (χ0n) is 7.73. The number of methoxy groups -OCH3 is 1. The van der Waals surface area contributed by atoms with Crippen molar-refractivity contribution in [1.29, 1.82) is 0 Å². The van der Waals surface area contributed by atoms with Crippen molar-refractivity contribution >= 4 is 18.4 Å². The normalized spacial score (nSPS) is 41.4. The van der Waals surface area contributed by atoms with Gasteiger partial charge in [0.05, 0.1) is 13.0 Å². The molecule has 0 aliphatic heterocycles. The summed E-state index contributed by atoms with van der Waals surface area (Å²) in [7, 11) is 1.46. The van der Waals surface area contributed by atoms with E-state index in [4.69, 9.17) is 10.5 Å². The van der Waals surface area contributed by atoms with Crippen LogP contribution < -0.4 is 5.73 Å². The van der Waals surface area contributed by atoms with Crippen LogP contribution in [0.3, 0.4) is 0 Å². The molecule has 0 aromatic carbocycles. The number of carbonyl (C=O) groups is 1. The molecule has 0 amide bonds. The first-order chi connectivity index (χ1) is 5.72. The van der Waals surface area contributed by atoms with Gasteiger partial charge in [-0.05, 0) is 31.1 Å². The summed E-state index contributed by atoms with van der Waals surface area (Å²) in [6.45, 7) is 0. The molecule has 3 nitrogen and oxygen atoms in total. The van der Waals surface area contributed by atoms with Crippen LogP contribution in [0.4, 0.5) is 0 Å². The van der Waals surface area contributed by atoms with Crippen molar-refractivity contribution < 1.29 is 9.53 Å². The fourth-order valence-corrected chi connectivity index (χ4v) is 2.64. The molecule has 0 heterocycles. The number of esters is 1. The molecule has 0 aromatic heterocycles. The van der Waals surface area contributed by atoms with Gasteiger partial charge in [-0.2, -0.15) is 0 Å². The van der Waals surface area contributed by atoms with E-state index in [9.17, 15) is 4.79 Å². The second-order valence-corrected chi connectivity index (χ2v) is 4.01. The molecule has 13 heavy (non-hydrogen) atoms. The zero-order chi connectivity index (χ0) is 8.72. The number of carbonyl (C=O) groups excluding carboxylic acids is 1. The van der Waals surface area contributed by atoms with Crippen LogP contribution >= 0.6 is 12.4 Å². The van der Waals surface area contributed by atoms with Gasteiger partial charge in [-0.25, -0.2) is 0 Å². The third-order valence-corrected chi connectivity index (χ3v) is 3.41. The van der Waals surface area contributed by atoms with Crippen molar-refractivity contribution in [2.24, 2.45) is 23.5 Å². The molecule has 76 valence electrons. The lowest BCUT2D eigenvalue weighted by Crippen LogP contribution is -2.44. The van der Waals surface area contributed by atoms with E-state index in [1.807, 2.05) is 0 Å². The fraction of sp³-hybridized carbons (Fsp3) is 0.889. The maximum Gasteiger partial charge on any atom is 0.308 e. The summed E-state index contributed by atoms with van der Waals surface area (Å²) < 4.78 is 4.71. The fourth-order valence-electron chi connectivity index (χ4n) is 2.64. The van der Waals surface area contributed by atoms with Crippen molar-refractivity contribution in [3.8, 4) is 0 Å². The summed E-state index contributed by atoms with van der Waals surface area (Å²) in [5.41, 5.74) is 5.82. The molecular weight excluding hydrogens is 190 g/mol. The summed E-state index contributed by atoms with van der Waals surface area (Å²) in [5.74, 6) is 1.41. The van der Waals surface area contributed by atoms with Crippen molar-refractivity contribution in [2.45, 2.75) is 25.3 Å². The Kier molecular flexibility index (Phi) is 3.19. The van der Waals surface area contributed by atoms with Gasteiger partial charge in [-0.15, -0.1) is 12.4 Å². The highest BCUT2D eigenvalue weighted by molar-refractivity contribution is 5.85. The second kappa shape index (κ2) is 3.84. The van der Waals surface area contributed by atoms with Crippen LogP contribution in [0.25, 0.3) is 0 Å². The molecule has 1 unspecified atom stereocenters. The van der Waals surface area contributed by atoms with Crippen molar-refractivity contribution in [2.75, 3.05) is 7.11 Å². The summed E-state index contributed by atoms with van der Waals surface area (Å²) >= 11 is 0. The molecule has 0 saturated heterocycles. The van der Waals surface area contributed by atoms with Crippen LogP contribution in [-0.4, -0.2) is 19.1 Å². The van der Waals surface area contributed by atoms with Gasteiger partial charge >= 0.3 is 5.97 Å². The standard InChI is InChI=1S/C9H15NO2.ClH/c1-12-9(11)6-2-5-4-8(10)7(5)3-6;/h5-8H,2-4,10H2,1H3;1H/t5-,6?,7-,8-;/m0./s1. The van der Waals surface area contributed by atoms with E-state index in [1.54, 1.807) is 0 Å². The Morgan fingerprint density at radius 1 is 1.38 bits per heavy atom. The lowest BCUT2D eigenvalue weighted by molar-refractivity contribution is -0.145. The predicted molar refractivity (Wildman–Crippen MR) is 51.6 cm³/mol. The first kappa shape index (κ1) is 10.8. The third kappa shape index (κ3) is 1.67. The van der Waals surface area contributed by atoms with E-state index in [-0.39, 0.29) is 24.3 Å². The van der Waals surface area contributed by atoms with Gasteiger partial charge in [0, 0.05) is 6.04 Å². The molecule has 0 spiro atoms. The number of hydrogen-bond acceptors (Lipinski definition) is 3. The molecule has 4 atom stereocenters. The molecule has 2 aliphatic rings. The van der Waals surface area contributed by atoms with Crippen LogP contribution in [0.15, 0.2) is 0 Å². The Morgan fingerprint density at radius 2 is 2.08 bits per heavy atom. The highest BCUT2D eigenvalue weighted by atomic mass is 35.5. The molecular formula is C9H16ClNO2. The Labute approximate surface area is 84.4 Å². The smallest absolute Gasteiger partial charge is 0.308 e. The summed E-state index contributed by atoms with van der Waals surface area (Å²) in [4.78, 5) is 11.2. The Balaban J connectivity index is 0.000000845. The van der Waals surface area contributed by atoms with Gasteiger partial charge in [0.25, 0.3) is 0 Å². The monoisotopic (exact) mass is 205 g/mol. The Bertz CT molecular complexity index is 210. The van der Waals surface area contributed by atoms with Crippen LogP contribution in [0.1, 0.15) is 19.3 Å².